The molecule has 0 N–H and O–H groups in total. The minimum atomic E-state index is 0.0349. The molecule has 34 heavy (non-hydrogen) atoms. The van der Waals surface area contributed by atoms with E-state index in [1.54, 1.807) is 12.1 Å². The molecule has 0 radical (unpaired) electrons. The first-order valence-corrected chi connectivity index (χ1v) is 13.1. The van der Waals surface area contributed by atoms with E-state index in [0.717, 1.165) is 17.1 Å². The Morgan fingerprint density at radius 2 is 1.82 bits per heavy atom. The number of ketones is 1. The van der Waals surface area contributed by atoms with Crippen LogP contribution in [0.25, 0.3) is 16.5 Å². The first kappa shape index (κ1) is 22.8. The summed E-state index contributed by atoms with van der Waals surface area (Å²) in [5.74, 6) is 1.15. The molecule has 7 heteroatoms. The third-order valence-electron chi connectivity index (χ3n) is 5.70. The zero-order valence-corrected chi connectivity index (χ0v) is 21.2. The molecule has 0 saturated carbocycles. The van der Waals surface area contributed by atoms with Gasteiger partial charge in [-0.3, -0.25) is 9.36 Å². The van der Waals surface area contributed by atoms with E-state index in [1.807, 2.05) is 0 Å². The van der Waals surface area contributed by atoms with Gasteiger partial charge in [0.05, 0.1) is 20.7 Å². The molecule has 0 saturated heterocycles. The lowest BCUT2D eigenvalue weighted by atomic mass is 10.0. The fourth-order valence-electron chi connectivity index (χ4n) is 4.09. The van der Waals surface area contributed by atoms with Gasteiger partial charge in [-0.1, -0.05) is 83.5 Å². The standard InChI is InChI=1S/C27H22ClN3OS2/c1-17-10-11-22(18(2)14-17)31-26(15-20-8-5-7-19-6-3-4-9-21(19)20)29-30-27(31)33-16-23(32)24-12-13-25(28)34-24/h3-14H,15-16H2,1-2H3. The van der Waals surface area contributed by atoms with Crippen LogP contribution in [0, 0.1) is 13.8 Å². The zero-order chi connectivity index (χ0) is 23.7. The van der Waals surface area contributed by atoms with Crippen molar-refractivity contribution in [3.63, 3.8) is 0 Å². The third-order valence-corrected chi connectivity index (χ3v) is 7.90. The van der Waals surface area contributed by atoms with Crippen molar-refractivity contribution in [3.05, 3.63) is 105 Å². The van der Waals surface area contributed by atoms with Gasteiger partial charge in [-0.05, 0) is 53.9 Å². The number of nitrogens with zero attached hydrogens (tertiary/aromatic N) is 3. The third kappa shape index (κ3) is 4.67. The summed E-state index contributed by atoms with van der Waals surface area (Å²) < 4.78 is 2.71. The fraction of sp³-hybridized carbons (Fsp3) is 0.148. The molecule has 0 aliphatic carbocycles. The molecule has 2 aromatic heterocycles. The molecule has 0 spiro atoms. The molecule has 0 atom stereocenters. The highest BCUT2D eigenvalue weighted by Crippen LogP contribution is 2.29. The van der Waals surface area contributed by atoms with Crippen LogP contribution in [0.4, 0.5) is 0 Å². The number of benzene rings is 3. The number of hydrogen-bond donors (Lipinski definition) is 0. The number of thiophene rings is 1. The van der Waals surface area contributed by atoms with E-state index in [-0.39, 0.29) is 11.5 Å². The molecule has 170 valence electrons. The number of aryl methyl sites for hydroxylation is 2. The van der Waals surface area contributed by atoms with Crippen molar-refractivity contribution in [2.75, 3.05) is 5.75 Å². The molecule has 4 nitrogen and oxygen atoms in total. The number of aromatic nitrogens is 3. The molecule has 5 rings (SSSR count). The average Bonchev–Trinajstić information content (AvgIpc) is 3.44. The van der Waals surface area contributed by atoms with Crippen molar-refractivity contribution in [3.8, 4) is 5.69 Å². The molecular weight excluding hydrogens is 482 g/mol. The van der Waals surface area contributed by atoms with Crippen LogP contribution < -0.4 is 0 Å². The molecular formula is C27H22ClN3OS2. The van der Waals surface area contributed by atoms with Gasteiger partial charge in [0.2, 0.25) is 0 Å². The predicted octanol–water partition coefficient (Wildman–Crippen LogP) is 7.32. The topological polar surface area (TPSA) is 47.8 Å². The molecule has 0 aliphatic rings. The van der Waals surface area contributed by atoms with Crippen molar-refractivity contribution in [2.45, 2.75) is 25.4 Å². The largest absolute Gasteiger partial charge is 0.292 e. The number of hydrogen-bond acceptors (Lipinski definition) is 5. The lowest BCUT2D eigenvalue weighted by Gasteiger charge is -2.14. The normalized spacial score (nSPS) is 11.3. The maximum atomic E-state index is 12.7. The van der Waals surface area contributed by atoms with Crippen LogP contribution >= 0.6 is 34.7 Å². The molecule has 3 aromatic carbocycles. The maximum absolute atomic E-state index is 12.7. The van der Waals surface area contributed by atoms with Crippen LogP contribution in [0.2, 0.25) is 4.34 Å². The highest BCUT2D eigenvalue weighted by atomic mass is 35.5. The SMILES string of the molecule is Cc1ccc(-n2c(Cc3cccc4ccccc34)nnc2SCC(=O)c2ccc(Cl)s2)c(C)c1. The zero-order valence-electron chi connectivity index (χ0n) is 18.8. The van der Waals surface area contributed by atoms with Crippen molar-refractivity contribution in [1.29, 1.82) is 0 Å². The van der Waals surface area contributed by atoms with Gasteiger partial charge >= 0.3 is 0 Å². The average molecular weight is 504 g/mol. The summed E-state index contributed by atoms with van der Waals surface area (Å²) in [6.45, 7) is 4.18. The van der Waals surface area contributed by atoms with Gasteiger partial charge in [0.1, 0.15) is 5.82 Å². The van der Waals surface area contributed by atoms with Gasteiger partial charge in [-0.2, -0.15) is 0 Å². The van der Waals surface area contributed by atoms with E-state index in [1.165, 1.54) is 45.0 Å². The lowest BCUT2D eigenvalue weighted by Crippen LogP contribution is -2.07. The minimum absolute atomic E-state index is 0.0349. The Bertz CT molecular complexity index is 1500. The second-order valence-corrected chi connectivity index (χ2v) is 10.8. The van der Waals surface area contributed by atoms with Crippen LogP contribution in [0.1, 0.15) is 32.2 Å². The Labute approximate surface area is 211 Å². The van der Waals surface area contributed by atoms with E-state index >= 15 is 0 Å². The first-order chi connectivity index (χ1) is 16.5. The van der Waals surface area contributed by atoms with Crippen LogP contribution in [-0.2, 0) is 6.42 Å². The van der Waals surface area contributed by atoms with E-state index in [9.17, 15) is 4.79 Å². The van der Waals surface area contributed by atoms with Gasteiger partial charge in [-0.15, -0.1) is 21.5 Å². The lowest BCUT2D eigenvalue weighted by molar-refractivity contribution is 0.102. The second-order valence-electron chi connectivity index (χ2n) is 8.15. The summed E-state index contributed by atoms with van der Waals surface area (Å²) in [6, 6.07) is 24.6. The van der Waals surface area contributed by atoms with E-state index in [2.05, 4.69) is 89.3 Å². The second kappa shape index (κ2) is 9.74. The van der Waals surface area contributed by atoms with Gasteiger partial charge in [0.15, 0.2) is 10.9 Å². The number of carbonyl (C=O) groups excluding carboxylic acids is 1. The number of thioether (sulfide) groups is 1. The Balaban J connectivity index is 1.52. The van der Waals surface area contributed by atoms with E-state index in [4.69, 9.17) is 11.6 Å². The monoisotopic (exact) mass is 503 g/mol. The first-order valence-electron chi connectivity index (χ1n) is 10.9. The fourth-order valence-corrected chi connectivity index (χ4v) is 6.01. The molecule has 0 fully saturated rings. The Morgan fingerprint density at radius 3 is 2.62 bits per heavy atom. The molecule has 2 heterocycles. The molecule has 0 amide bonds. The molecule has 0 aliphatic heterocycles. The summed E-state index contributed by atoms with van der Waals surface area (Å²) in [6.07, 6.45) is 0.636. The summed E-state index contributed by atoms with van der Waals surface area (Å²) in [5.41, 5.74) is 4.55. The summed E-state index contributed by atoms with van der Waals surface area (Å²) >= 11 is 8.72. The van der Waals surface area contributed by atoms with Crippen LogP contribution in [0.5, 0.6) is 0 Å². The van der Waals surface area contributed by atoms with Crippen molar-refractivity contribution >= 4 is 51.3 Å². The molecule has 5 aromatic rings. The van der Waals surface area contributed by atoms with E-state index in [0.29, 0.717) is 20.8 Å². The highest BCUT2D eigenvalue weighted by molar-refractivity contribution is 7.99. The number of fused-ring (bicyclic) bond motifs is 1. The Morgan fingerprint density at radius 1 is 1.00 bits per heavy atom. The number of carbonyl (C=O) groups is 1. The van der Waals surface area contributed by atoms with Crippen molar-refractivity contribution in [1.82, 2.24) is 14.8 Å². The quantitative estimate of drug-likeness (QED) is 0.172. The number of halogens is 1. The summed E-state index contributed by atoms with van der Waals surface area (Å²) in [7, 11) is 0. The number of rotatable bonds is 7. The van der Waals surface area contributed by atoms with Crippen LogP contribution in [-0.4, -0.2) is 26.3 Å². The molecule has 0 unspecified atom stereocenters. The van der Waals surface area contributed by atoms with E-state index < -0.39 is 0 Å². The van der Waals surface area contributed by atoms with Gasteiger partial charge in [0, 0.05) is 6.42 Å². The molecule has 0 bridgehead atoms. The Hall–Kier alpha value is -2.93. The minimum Gasteiger partial charge on any atom is -0.292 e. The summed E-state index contributed by atoms with van der Waals surface area (Å²) in [4.78, 5) is 13.4. The van der Waals surface area contributed by atoms with Crippen molar-refractivity contribution < 1.29 is 4.79 Å². The highest BCUT2D eigenvalue weighted by Gasteiger charge is 2.19. The van der Waals surface area contributed by atoms with Gasteiger partial charge in [-0.25, -0.2) is 0 Å². The number of Topliss-reactive ketones (excluding diaryl/α,β-unsaturated/α-hetero) is 1. The van der Waals surface area contributed by atoms with Crippen LogP contribution in [0.3, 0.4) is 0 Å². The van der Waals surface area contributed by atoms with Gasteiger partial charge in [0.25, 0.3) is 0 Å². The Kier molecular flexibility index (Phi) is 6.55. The predicted molar refractivity (Wildman–Crippen MR) is 142 cm³/mol. The van der Waals surface area contributed by atoms with Crippen LogP contribution in [0.15, 0.2) is 78.0 Å². The van der Waals surface area contributed by atoms with Crippen molar-refractivity contribution in [2.24, 2.45) is 0 Å². The summed E-state index contributed by atoms with van der Waals surface area (Å²) in [5, 5.41) is 12.2. The smallest absolute Gasteiger partial charge is 0.196 e. The van der Waals surface area contributed by atoms with Gasteiger partial charge < -0.3 is 0 Å². The maximum Gasteiger partial charge on any atom is 0.196 e.